The molecule has 0 bridgehead atoms. The summed E-state index contributed by atoms with van der Waals surface area (Å²) in [6, 6.07) is 7.47. The highest BCUT2D eigenvalue weighted by atomic mass is 35.5. The topological polar surface area (TPSA) is 37.4 Å². The van der Waals surface area contributed by atoms with Crippen molar-refractivity contribution >= 4 is 21.6 Å². The number of nitrogens with zero attached hydrogens (tertiary/aromatic N) is 1. The van der Waals surface area contributed by atoms with E-state index in [4.69, 9.17) is 11.6 Å². The Bertz CT molecular complexity index is 542. The average Bonchev–Trinajstić information content (AvgIpc) is 2.38. The van der Waals surface area contributed by atoms with Crippen LogP contribution in [0.1, 0.15) is 37.8 Å². The summed E-state index contributed by atoms with van der Waals surface area (Å²) in [6.45, 7) is 5.66. The number of rotatable bonds is 4. The van der Waals surface area contributed by atoms with Crippen molar-refractivity contribution in [1.29, 1.82) is 0 Å². The molecule has 1 aromatic carbocycles. The number of alkyl halides is 1. The fourth-order valence-corrected chi connectivity index (χ4v) is 4.11. The van der Waals surface area contributed by atoms with E-state index >= 15 is 0 Å². The molecule has 0 spiro atoms. The monoisotopic (exact) mass is 315 g/mol. The highest BCUT2D eigenvalue weighted by Gasteiger charge is 2.31. The van der Waals surface area contributed by atoms with Crippen LogP contribution in [-0.4, -0.2) is 25.8 Å². The Morgan fingerprint density at radius 1 is 1.10 bits per heavy atom. The molecule has 1 aliphatic rings. The molecule has 1 aliphatic heterocycles. The summed E-state index contributed by atoms with van der Waals surface area (Å²) in [6.07, 6.45) is 1.86. The number of sulfonamides is 1. The van der Waals surface area contributed by atoms with Crippen LogP contribution in [-0.2, 0) is 21.7 Å². The maximum absolute atomic E-state index is 12.4. The van der Waals surface area contributed by atoms with Gasteiger partial charge in [0, 0.05) is 19.0 Å². The largest absolute Gasteiger partial charge is 0.218 e. The Morgan fingerprint density at radius 3 is 2.10 bits per heavy atom. The zero-order valence-corrected chi connectivity index (χ0v) is 13.7. The lowest BCUT2D eigenvalue weighted by molar-refractivity contribution is 0.195. The number of hydrogen-bond donors (Lipinski definition) is 0. The van der Waals surface area contributed by atoms with Gasteiger partial charge in [0.15, 0.2) is 0 Å². The van der Waals surface area contributed by atoms with Gasteiger partial charge in [0.05, 0.1) is 5.75 Å². The minimum absolute atomic E-state index is 0.0794. The smallest absolute Gasteiger partial charge is 0.212 e. The fraction of sp³-hybridized carbons (Fsp3) is 0.600. The number of halogens is 1. The van der Waals surface area contributed by atoms with Gasteiger partial charge in [-0.1, -0.05) is 38.1 Å². The molecule has 20 heavy (non-hydrogen) atoms. The summed E-state index contributed by atoms with van der Waals surface area (Å²) < 4.78 is 26.5. The van der Waals surface area contributed by atoms with Gasteiger partial charge in [-0.05, 0) is 29.4 Å². The molecule has 1 fully saturated rings. The maximum atomic E-state index is 12.4. The minimum atomic E-state index is -3.21. The van der Waals surface area contributed by atoms with Crippen LogP contribution >= 0.6 is 11.6 Å². The van der Waals surface area contributed by atoms with Crippen LogP contribution in [0.5, 0.6) is 0 Å². The Labute approximate surface area is 127 Å². The predicted molar refractivity (Wildman–Crippen MR) is 83.2 cm³/mol. The number of hydrogen-bond acceptors (Lipinski definition) is 2. The van der Waals surface area contributed by atoms with E-state index < -0.39 is 10.0 Å². The molecule has 0 N–H and O–H groups in total. The van der Waals surface area contributed by atoms with Crippen LogP contribution in [0.2, 0.25) is 0 Å². The SMILES string of the molecule is CC1(C)CCN(S(=O)(=O)Cc2ccc(CCl)cc2)CC1. The molecule has 0 unspecified atom stereocenters. The van der Waals surface area contributed by atoms with Gasteiger partial charge in [-0.25, -0.2) is 12.7 Å². The number of benzene rings is 1. The third-order valence-corrected chi connectivity index (χ3v) is 6.15. The Kier molecular flexibility index (Phi) is 4.77. The first kappa shape index (κ1) is 15.8. The van der Waals surface area contributed by atoms with Gasteiger partial charge in [-0.3, -0.25) is 0 Å². The van der Waals surface area contributed by atoms with Gasteiger partial charge in [-0.2, -0.15) is 0 Å². The molecular formula is C15H22ClNO2S. The average molecular weight is 316 g/mol. The summed E-state index contributed by atoms with van der Waals surface area (Å²) in [5.74, 6) is 0.532. The first-order valence-electron chi connectivity index (χ1n) is 6.94. The van der Waals surface area contributed by atoms with E-state index in [1.54, 1.807) is 4.31 Å². The summed E-state index contributed by atoms with van der Waals surface area (Å²) in [7, 11) is -3.21. The number of piperidine rings is 1. The molecule has 112 valence electrons. The summed E-state index contributed by atoms with van der Waals surface area (Å²) >= 11 is 5.73. The third kappa shape index (κ3) is 3.96. The summed E-state index contributed by atoms with van der Waals surface area (Å²) in [4.78, 5) is 0. The lowest BCUT2D eigenvalue weighted by Crippen LogP contribution is -2.41. The van der Waals surface area contributed by atoms with Crippen LogP contribution < -0.4 is 0 Å². The minimum Gasteiger partial charge on any atom is -0.212 e. The van der Waals surface area contributed by atoms with Crippen LogP contribution in [0, 0.1) is 5.41 Å². The third-order valence-electron chi connectivity index (χ3n) is 4.00. The van der Waals surface area contributed by atoms with Crippen molar-refractivity contribution < 1.29 is 8.42 Å². The molecule has 5 heteroatoms. The molecule has 1 aromatic rings. The van der Waals surface area contributed by atoms with Crippen LogP contribution in [0.25, 0.3) is 0 Å². The van der Waals surface area contributed by atoms with E-state index in [9.17, 15) is 8.42 Å². The van der Waals surface area contributed by atoms with Gasteiger partial charge < -0.3 is 0 Å². The van der Waals surface area contributed by atoms with Gasteiger partial charge in [-0.15, -0.1) is 11.6 Å². The molecular weight excluding hydrogens is 294 g/mol. The molecule has 0 saturated carbocycles. The highest BCUT2D eigenvalue weighted by Crippen LogP contribution is 2.31. The van der Waals surface area contributed by atoms with E-state index in [2.05, 4.69) is 13.8 Å². The van der Waals surface area contributed by atoms with E-state index in [1.807, 2.05) is 24.3 Å². The van der Waals surface area contributed by atoms with E-state index in [0.717, 1.165) is 24.0 Å². The standard InChI is InChI=1S/C15H22ClNO2S/c1-15(2)7-9-17(10-8-15)20(18,19)12-14-5-3-13(11-16)4-6-14/h3-6H,7-12H2,1-2H3. The van der Waals surface area contributed by atoms with E-state index in [1.165, 1.54) is 0 Å². The van der Waals surface area contributed by atoms with Gasteiger partial charge in [0.2, 0.25) is 10.0 Å². The zero-order chi connectivity index (χ0) is 14.8. The second kappa shape index (κ2) is 6.04. The van der Waals surface area contributed by atoms with E-state index in [0.29, 0.717) is 19.0 Å². The zero-order valence-electron chi connectivity index (χ0n) is 12.1. The molecule has 2 rings (SSSR count). The van der Waals surface area contributed by atoms with Crippen LogP contribution in [0.15, 0.2) is 24.3 Å². The molecule has 0 atom stereocenters. The molecule has 0 aliphatic carbocycles. The second-order valence-corrected chi connectivity index (χ2v) is 8.51. The van der Waals surface area contributed by atoms with Crippen molar-refractivity contribution in [2.75, 3.05) is 13.1 Å². The maximum Gasteiger partial charge on any atom is 0.218 e. The molecule has 1 heterocycles. The van der Waals surface area contributed by atoms with Crippen molar-refractivity contribution in [2.24, 2.45) is 5.41 Å². The normalized spacial score (nSPS) is 19.9. The molecule has 0 amide bonds. The van der Waals surface area contributed by atoms with Crippen LogP contribution in [0.3, 0.4) is 0 Å². The Hall–Kier alpha value is -0.580. The van der Waals surface area contributed by atoms with E-state index in [-0.39, 0.29) is 11.2 Å². The van der Waals surface area contributed by atoms with Gasteiger partial charge in [0.25, 0.3) is 0 Å². The summed E-state index contributed by atoms with van der Waals surface area (Å²) in [5, 5.41) is 0. The van der Waals surface area contributed by atoms with Crippen molar-refractivity contribution in [3.05, 3.63) is 35.4 Å². The second-order valence-electron chi connectivity index (χ2n) is 6.27. The Morgan fingerprint density at radius 2 is 1.60 bits per heavy atom. The predicted octanol–water partition coefficient (Wildman–Crippen LogP) is 3.38. The van der Waals surface area contributed by atoms with Crippen molar-refractivity contribution in [3.8, 4) is 0 Å². The quantitative estimate of drug-likeness (QED) is 0.799. The van der Waals surface area contributed by atoms with Crippen molar-refractivity contribution in [1.82, 2.24) is 4.31 Å². The van der Waals surface area contributed by atoms with Gasteiger partial charge in [0.1, 0.15) is 0 Å². The van der Waals surface area contributed by atoms with Gasteiger partial charge >= 0.3 is 0 Å². The fourth-order valence-electron chi connectivity index (χ4n) is 2.40. The highest BCUT2D eigenvalue weighted by molar-refractivity contribution is 7.88. The molecule has 0 aromatic heterocycles. The van der Waals surface area contributed by atoms with Crippen LogP contribution in [0.4, 0.5) is 0 Å². The Balaban J connectivity index is 2.03. The summed E-state index contributed by atoms with van der Waals surface area (Å²) in [5.41, 5.74) is 2.09. The first-order chi connectivity index (χ1) is 9.32. The lowest BCUT2D eigenvalue weighted by Gasteiger charge is -2.36. The van der Waals surface area contributed by atoms with Crippen molar-refractivity contribution in [2.45, 2.75) is 38.3 Å². The molecule has 0 radical (unpaired) electrons. The molecule has 1 saturated heterocycles. The first-order valence-corrected chi connectivity index (χ1v) is 9.08. The van der Waals surface area contributed by atoms with Crippen molar-refractivity contribution in [3.63, 3.8) is 0 Å². The lowest BCUT2D eigenvalue weighted by atomic mass is 9.83. The molecule has 3 nitrogen and oxygen atoms in total.